The first-order chi connectivity index (χ1) is 12.0. The van der Waals surface area contributed by atoms with Crippen molar-refractivity contribution in [3.63, 3.8) is 0 Å². The lowest BCUT2D eigenvalue weighted by Gasteiger charge is -2.15. The van der Waals surface area contributed by atoms with Gasteiger partial charge in [0.25, 0.3) is 5.69 Å². The number of fused-ring (bicyclic) bond motifs is 1. The van der Waals surface area contributed by atoms with E-state index in [9.17, 15) is 19.6 Å². The summed E-state index contributed by atoms with van der Waals surface area (Å²) in [6.07, 6.45) is -1.05. The predicted molar refractivity (Wildman–Crippen MR) is 93.0 cm³/mol. The average molecular weight is 341 g/mol. The van der Waals surface area contributed by atoms with Crippen molar-refractivity contribution in [2.24, 2.45) is 0 Å². The minimum atomic E-state index is -1.05. The molecule has 0 aliphatic rings. The lowest BCUT2D eigenvalue weighted by molar-refractivity contribution is -0.383. The number of nitro benzene ring substituents is 1. The summed E-state index contributed by atoms with van der Waals surface area (Å²) in [7, 11) is 0. The Balaban J connectivity index is 1.93. The van der Waals surface area contributed by atoms with Crippen LogP contribution in [0.2, 0.25) is 0 Å². The Hall–Kier alpha value is -3.06. The molecule has 2 N–H and O–H groups in total. The van der Waals surface area contributed by atoms with Crippen molar-refractivity contribution in [3.8, 4) is 0 Å². The quantitative estimate of drug-likeness (QED) is 0.545. The molecule has 6 nitrogen and oxygen atoms in total. The Morgan fingerprint density at radius 1 is 1.28 bits per heavy atom. The summed E-state index contributed by atoms with van der Waals surface area (Å²) in [6, 6.07) is 12.4. The van der Waals surface area contributed by atoms with Crippen LogP contribution in [-0.2, 0) is 0 Å². The molecule has 0 aliphatic heterocycles. The number of nitro groups is 1. The zero-order valence-electron chi connectivity index (χ0n) is 13.4. The van der Waals surface area contributed by atoms with Gasteiger partial charge in [0.15, 0.2) is 5.52 Å². The number of anilines is 1. The standard InChI is InChI=1S/C18H16FN3O3/c1-11-9-15(13-6-4-8-16(22(24)25)18(13)21-11)20-10-17(23)12-5-2-3-7-14(12)19/h2-9,17,23H,10H2,1H3,(H,20,21). The van der Waals surface area contributed by atoms with E-state index >= 15 is 0 Å². The first-order valence-corrected chi connectivity index (χ1v) is 7.68. The second kappa shape index (κ2) is 6.82. The topological polar surface area (TPSA) is 88.3 Å². The van der Waals surface area contributed by atoms with E-state index in [1.165, 1.54) is 18.2 Å². The largest absolute Gasteiger partial charge is 0.386 e. The van der Waals surface area contributed by atoms with Gasteiger partial charge in [-0.2, -0.15) is 0 Å². The van der Waals surface area contributed by atoms with E-state index < -0.39 is 16.8 Å². The lowest BCUT2D eigenvalue weighted by atomic mass is 10.1. The van der Waals surface area contributed by atoms with Crippen molar-refractivity contribution < 1.29 is 14.4 Å². The summed E-state index contributed by atoms with van der Waals surface area (Å²) in [5.41, 5.74) is 1.58. The molecule has 1 atom stereocenters. The Morgan fingerprint density at radius 3 is 2.76 bits per heavy atom. The molecule has 2 aromatic carbocycles. The van der Waals surface area contributed by atoms with Crippen molar-refractivity contribution in [2.45, 2.75) is 13.0 Å². The molecule has 0 bridgehead atoms. The number of aliphatic hydroxyl groups is 1. The summed E-state index contributed by atoms with van der Waals surface area (Å²) in [5.74, 6) is -0.483. The van der Waals surface area contributed by atoms with Crippen LogP contribution in [0.3, 0.4) is 0 Å². The van der Waals surface area contributed by atoms with Crippen molar-refractivity contribution >= 4 is 22.3 Å². The molecule has 3 aromatic rings. The number of aromatic nitrogens is 1. The molecule has 7 heteroatoms. The number of aryl methyl sites for hydroxylation is 1. The highest BCUT2D eigenvalue weighted by Gasteiger charge is 2.17. The lowest BCUT2D eigenvalue weighted by Crippen LogP contribution is -2.14. The van der Waals surface area contributed by atoms with Crippen LogP contribution in [0, 0.1) is 22.9 Å². The summed E-state index contributed by atoms with van der Waals surface area (Å²) in [6.45, 7) is 1.79. The smallest absolute Gasteiger partial charge is 0.295 e. The number of pyridine rings is 1. The number of benzene rings is 2. The number of aliphatic hydroxyl groups excluding tert-OH is 1. The third-order valence-corrected chi connectivity index (χ3v) is 3.89. The van der Waals surface area contributed by atoms with Gasteiger partial charge in [0.05, 0.1) is 11.0 Å². The van der Waals surface area contributed by atoms with E-state index in [0.717, 1.165) is 0 Å². The summed E-state index contributed by atoms with van der Waals surface area (Å²) >= 11 is 0. The zero-order chi connectivity index (χ0) is 18.0. The van der Waals surface area contributed by atoms with E-state index in [2.05, 4.69) is 10.3 Å². The van der Waals surface area contributed by atoms with Crippen molar-refractivity contribution in [3.05, 3.63) is 75.7 Å². The van der Waals surface area contributed by atoms with Gasteiger partial charge in [0.2, 0.25) is 0 Å². The Kier molecular flexibility index (Phi) is 4.58. The number of nitrogens with one attached hydrogen (secondary N) is 1. The number of rotatable bonds is 5. The highest BCUT2D eigenvalue weighted by atomic mass is 19.1. The van der Waals surface area contributed by atoms with Crippen molar-refractivity contribution in [1.82, 2.24) is 4.98 Å². The second-order valence-electron chi connectivity index (χ2n) is 5.66. The number of non-ortho nitro benzene ring substituents is 1. The molecule has 25 heavy (non-hydrogen) atoms. The van der Waals surface area contributed by atoms with Crippen LogP contribution in [0.4, 0.5) is 15.8 Å². The van der Waals surface area contributed by atoms with E-state index in [0.29, 0.717) is 16.8 Å². The Bertz CT molecular complexity index is 946. The minimum absolute atomic E-state index is 0.0577. The van der Waals surface area contributed by atoms with Crippen LogP contribution in [0.5, 0.6) is 0 Å². The molecule has 0 aliphatic carbocycles. The SMILES string of the molecule is Cc1cc(NCC(O)c2ccccc2F)c2cccc([N+](=O)[O-])c2n1. The monoisotopic (exact) mass is 341 g/mol. The molecular weight excluding hydrogens is 325 g/mol. The molecule has 1 heterocycles. The summed E-state index contributed by atoms with van der Waals surface area (Å²) < 4.78 is 13.8. The number of hydrogen-bond donors (Lipinski definition) is 2. The minimum Gasteiger partial charge on any atom is -0.386 e. The molecule has 0 spiro atoms. The highest BCUT2D eigenvalue weighted by Crippen LogP contribution is 2.30. The molecule has 0 radical (unpaired) electrons. The second-order valence-corrected chi connectivity index (χ2v) is 5.66. The van der Waals surface area contributed by atoms with Crippen LogP contribution >= 0.6 is 0 Å². The predicted octanol–water partition coefficient (Wildman–Crippen LogP) is 3.74. The molecule has 0 amide bonds. The van der Waals surface area contributed by atoms with Crippen LogP contribution in [0.1, 0.15) is 17.4 Å². The van der Waals surface area contributed by atoms with Gasteiger partial charge in [0, 0.05) is 34.9 Å². The third kappa shape index (κ3) is 3.41. The molecule has 1 aromatic heterocycles. The summed E-state index contributed by atoms with van der Waals surface area (Å²) in [4.78, 5) is 15.0. The maximum atomic E-state index is 13.8. The van der Waals surface area contributed by atoms with E-state index in [1.54, 1.807) is 37.3 Å². The summed E-state index contributed by atoms with van der Waals surface area (Å²) in [5, 5.41) is 25.0. The van der Waals surface area contributed by atoms with E-state index in [-0.39, 0.29) is 23.3 Å². The fourth-order valence-electron chi connectivity index (χ4n) is 2.72. The van der Waals surface area contributed by atoms with Crippen LogP contribution in [-0.4, -0.2) is 21.6 Å². The molecule has 0 saturated heterocycles. The van der Waals surface area contributed by atoms with Gasteiger partial charge in [-0.3, -0.25) is 10.1 Å². The van der Waals surface area contributed by atoms with Gasteiger partial charge in [-0.15, -0.1) is 0 Å². The van der Waals surface area contributed by atoms with Gasteiger partial charge in [-0.25, -0.2) is 9.37 Å². The van der Waals surface area contributed by atoms with Crippen molar-refractivity contribution in [1.29, 1.82) is 0 Å². The maximum Gasteiger partial charge on any atom is 0.295 e. The average Bonchev–Trinajstić information content (AvgIpc) is 2.59. The van der Waals surface area contributed by atoms with Crippen molar-refractivity contribution in [2.75, 3.05) is 11.9 Å². The zero-order valence-corrected chi connectivity index (χ0v) is 13.4. The fourth-order valence-corrected chi connectivity index (χ4v) is 2.72. The molecule has 0 fully saturated rings. The van der Waals surface area contributed by atoms with Crippen LogP contribution < -0.4 is 5.32 Å². The van der Waals surface area contributed by atoms with E-state index in [4.69, 9.17) is 0 Å². The molecule has 128 valence electrons. The van der Waals surface area contributed by atoms with E-state index in [1.807, 2.05) is 0 Å². The third-order valence-electron chi connectivity index (χ3n) is 3.89. The first-order valence-electron chi connectivity index (χ1n) is 7.68. The number of hydrogen-bond acceptors (Lipinski definition) is 5. The molecule has 0 saturated carbocycles. The molecule has 3 rings (SSSR count). The molecular formula is C18H16FN3O3. The fraction of sp³-hybridized carbons (Fsp3) is 0.167. The Morgan fingerprint density at radius 2 is 2.04 bits per heavy atom. The number of para-hydroxylation sites is 1. The molecule has 1 unspecified atom stereocenters. The number of halogens is 1. The normalized spacial score (nSPS) is 12.1. The van der Waals surface area contributed by atoms with Gasteiger partial charge in [-0.1, -0.05) is 30.3 Å². The van der Waals surface area contributed by atoms with Gasteiger partial charge in [-0.05, 0) is 19.1 Å². The Labute approximate surface area is 143 Å². The maximum absolute atomic E-state index is 13.8. The van der Waals surface area contributed by atoms with Gasteiger partial charge < -0.3 is 10.4 Å². The van der Waals surface area contributed by atoms with Gasteiger partial charge in [0.1, 0.15) is 5.82 Å². The van der Waals surface area contributed by atoms with Crippen LogP contribution in [0.15, 0.2) is 48.5 Å². The number of nitrogens with zero attached hydrogens (tertiary/aromatic N) is 2. The first kappa shape index (κ1) is 16.8. The van der Waals surface area contributed by atoms with Gasteiger partial charge >= 0.3 is 0 Å². The highest BCUT2D eigenvalue weighted by molar-refractivity contribution is 5.96. The van der Waals surface area contributed by atoms with Crippen LogP contribution in [0.25, 0.3) is 10.9 Å².